The summed E-state index contributed by atoms with van der Waals surface area (Å²) in [7, 11) is 3.27. The number of carbonyl (C=O) groups excluding carboxylic acids is 3. The maximum absolute atomic E-state index is 13.2. The average Bonchev–Trinajstić information content (AvgIpc) is 2.80. The highest BCUT2D eigenvalue weighted by Gasteiger charge is 2.30. The zero-order chi connectivity index (χ0) is 22.8. The lowest BCUT2D eigenvalue weighted by Gasteiger charge is -2.36. The molecule has 2 aliphatic rings. The lowest BCUT2D eigenvalue weighted by molar-refractivity contribution is -0.130. The molecule has 4 rings (SSSR count). The molecule has 0 atom stereocenters. The quantitative estimate of drug-likeness (QED) is 0.704. The van der Waals surface area contributed by atoms with Crippen LogP contribution in [0, 0.1) is 0 Å². The van der Waals surface area contributed by atoms with Crippen molar-refractivity contribution in [2.45, 2.75) is 0 Å². The van der Waals surface area contributed by atoms with Gasteiger partial charge in [-0.1, -0.05) is 17.7 Å². The summed E-state index contributed by atoms with van der Waals surface area (Å²) < 4.78 is 5.50. The van der Waals surface area contributed by atoms with E-state index in [9.17, 15) is 14.4 Å². The predicted octanol–water partition coefficient (Wildman–Crippen LogP) is 2.12. The monoisotopic (exact) mass is 456 g/mol. The van der Waals surface area contributed by atoms with Crippen molar-refractivity contribution >= 4 is 40.7 Å². The summed E-state index contributed by atoms with van der Waals surface area (Å²) in [6.45, 7) is 2.30. The van der Waals surface area contributed by atoms with Crippen molar-refractivity contribution in [2.24, 2.45) is 0 Å². The van der Waals surface area contributed by atoms with Crippen molar-refractivity contribution < 1.29 is 19.1 Å². The molecule has 1 saturated heterocycles. The summed E-state index contributed by atoms with van der Waals surface area (Å²) >= 11 is 6.10. The molecule has 32 heavy (non-hydrogen) atoms. The maximum atomic E-state index is 13.2. The summed E-state index contributed by atoms with van der Waals surface area (Å²) in [6, 6.07) is 12.7. The van der Waals surface area contributed by atoms with Crippen LogP contribution in [-0.4, -0.2) is 80.9 Å². The van der Waals surface area contributed by atoms with Crippen LogP contribution in [0.1, 0.15) is 10.4 Å². The molecule has 2 heterocycles. The van der Waals surface area contributed by atoms with Gasteiger partial charge in [-0.2, -0.15) is 0 Å². The number of hydrogen-bond acceptors (Lipinski definition) is 5. The number of halogens is 1. The van der Waals surface area contributed by atoms with E-state index in [1.54, 1.807) is 37.2 Å². The standard InChI is InChI=1S/C23H25ClN4O4/c1-25(2)21(29)14-28-19-12-16(6-7-20(19)32-15-22(28)30)23(31)27-10-8-26(9-11-27)18-5-3-4-17(24)13-18/h3-7,12-13H,8-11,14-15H2,1-2H3. The van der Waals surface area contributed by atoms with Gasteiger partial charge in [0, 0.05) is 56.5 Å². The lowest BCUT2D eigenvalue weighted by Crippen LogP contribution is -2.49. The van der Waals surface area contributed by atoms with Gasteiger partial charge in [0.1, 0.15) is 12.3 Å². The first-order valence-corrected chi connectivity index (χ1v) is 10.8. The van der Waals surface area contributed by atoms with E-state index in [0.29, 0.717) is 48.2 Å². The van der Waals surface area contributed by atoms with Crippen LogP contribution in [0.4, 0.5) is 11.4 Å². The highest BCUT2D eigenvalue weighted by Crippen LogP contribution is 2.33. The second-order valence-electron chi connectivity index (χ2n) is 8.00. The second-order valence-corrected chi connectivity index (χ2v) is 8.43. The van der Waals surface area contributed by atoms with Gasteiger partial charge in [-0.25, -0.2) is 0 Å². The van der Waals surface area contributed by atoms with Gasteiger partial charge in [0.25, 0.3) is 11.8 Å². The summed E-state index contributed by atoms with van der Waals surface area (Å²) in [4.78, 5) is 44.6. The summed E-state index contributed by atoms with van der Waals surface area (Å²) in [5.41, 5.74) is 1.94. The minimum atomic E-state index is -0.313. The molecule has 0 saturated carbocycles. The molecular weight excluding hydrogens is 432 g/mol. The van der Waals surface area contributed by atoms with E-state index in [2.05, 4.69) is 4.90 Å². The summed E-state index contributed by atoms with van der Waals surface area (Å²) in [6.07, 6.45) is 0. The van der Waals surface area contributed by atoms with Crippen LogP contribution >= 0.6 is 11.6 Å². The predicted molar refractivity (Wildman–Crippen MR) is 123 cm³/mol. The van der Waals surface area contributed by atoms with Crippen LogP contribution in [0.15, 0.2) is 42.5 Å². The fourth-order valence-electron chi connectivity index (χ4n) is 3.81. The number of likely N-dealkylation sites (N-methyl/N-ethyl adjacent to an activating group) is 1. The van der Waals surface area contributed by atoms with Crippen molar-refractivity contribution in [1.29, 1.82) is 0 Å². The molecule has 0 unspecified atom stereocenters. The third-order valence-corrected chi connectivity index (χ3v) is 5.92. The largest absolute Gasteiger partial charge is 0.482 e. The van der Waals surface area contributed by atoms with E-state index in [1.807, 2.05) is 24.3 Å². The van der Waals surface area contributed by atoms with E-state index in [0.717, 1.165) is 5.69 Å². The topological polar surface area (TPSA) is 73.4 Å². The fourth-order valence-corrected chi connectivity index (χ4v) is 3.99. The normalized spacial score (nSPS) is 15.8. The Kier molecular flexibility index (Phi) is 6.23. The number of nitrogens with zero attached hydrogens (tertiary/aromatic N) is 4. The first-order chi connectivity index (χ1) is 15.3. The number of amides is 3. The Morgan fingerprint density at radius 1 is 1.06 bits per heavy atom. The molecule has 0 aromatic heterocycles. The van der Waals surface area contributed by atoms with E-state index in [-0.39, 0.29) is 30.9 Å². The molecule has 3 amide bonds. The highest BCUT2D eigenvalue weighted by molar-refractivity contribution is 6.30. The zero-order valence-electron chi connectivity index (χ0n) is 18.1. The molecule has 0 bridgehead atoms. The van der Waals surface area contributed by atoms with Crippen LogP contribution in [0.2, 0.25) is 5.02 Å². The minimum Gasteiger partial charge on any atom is -0.482 e. The van der Waals surface area contributed by atoms with Crippen LogP contribution < -0.4 is 14.5 Å². The van der Waals surface area contributed by atoms with Crippen molar-refractivity contribution in [3.8, 4) is 5.75 Å². The summed E-state index contributed by atoms with van der Waals surface area (Å²) in [5, 5.41) is 0.684. The Morgan fingerprint density at radius 3 is 2.50 bits per heavy atom. The van der Waals surface area contributed by atoms with Crippen LogP contribution in [0.25, 0.3) is 0 Å². The Bertz CT molecular complexity index is 1050. The third kappa shape index (κ3) is 4.50. The Labute approximate surface area is 191 Å². The van der Waals surface area contributed by atoms with E-state index < -0.39 is 0 Å². The van der Waals surface area contributed by atoms with Gasteiger partial charge in [0.05, 0.1) is 5.69 Å². The molecule has 168 valence electrons. The van der Waals surface area contributed by atoms with Gasteiger partial charge in [0.2, 0.25) is 5.91 Å². The molecular formula is C23H25ClN4O4. The van der Waals surface area contributed by atoms with E-state index >= 15 is 0 Å². The Balaban J connectivity index is 1.49. The van der Waals surface area contributed by atoms with Crippen molar-refractivity contribution in [3.63, 3.8) is 0 Å². The van der Waals surface area contributed by atoms with Gasteiger partial charge in [-0.3, -0.25) is 19.3 Å². The molecule has 2 aromatic carbocycles. The molecule has 2 aromatic rings. The average molecular weight is 457 g/mol. The highest BCUT2D eigenvalue weighted by atomic mass is 35.5. The molecule has 2 aliphatic heterocycles. The second kappa shape index (κ2) is 9.08. The van der Waals surface area contributed by atoms with Crippen LogP contribution in [0.5, 0.6) is 5.75 Å². The molecule has 9 heteroatoms. The molecule has 8 nitrogen and oxygen atoms in total. The Morgan fingerprint density at radius 2 is 1.81 bits per heavy atom. The Hall–Kier alpha value is -3.26. The van der Waals surface area contributed by atoms with Crippen molar-refractivity contribution in [1.82, 2.24) is 9.80 Å². The number of benzene rings is 2. The van der Waals surface area contributed by atoms with Crippen LogP contribution in [0.3, 0.4) is 0 Å². The first kappa shape index (κ1) is 22.0. The molecule has 0 spiro atoms. The first-order valence-electron chi connectivity index (χ1n) is 10.4. The fraction of sp³-hybridized carbons (Fsp3) is 0.348. The van der Waals surface area contributed by atoms with E-state index in [1.165, 1.54) is 9.80 Å². The van der Waals surface area contributed by atoms with Gasteiger partial charge in [0.15, 0.2) is 6.61 Å². The third-order valence-electron chi connectivity index (χ3n) is 5.68. The number of fused-ring (bicyclic) bond motifs is 1. The van der Waals surface area contributed by atoms with Crippen molar-refractivity contribution in [2.75, 3.05) is 63.2 Å². The number of carbonyl (C=O) groups is 3. The van der Waals surface area contributed by atoms with Crippen molar-refractivity contribution in [3.05, 3.63) is 53.1 Å². The number of anilines is 2. The molecule has 0 aliphatic carbocycles. The number of rotatable bonds is 4. The lowest BCUT2D eigenvalue weighted by atomic mass is 10.1. The number of hydrogen-bond donors (Lipinski definition) is 0. The molecule has 0 N–H and O–H groups in total. The van der Waals surface area contributed by atoms with Gasteiger partial charge in [-0.15, -0.1) is 0 Å². The van der Waals surface area contributed by atoms with E-state index in [4.69, 9.17) is 16.3 Å². The van der Waals surface area contributed by atoms with Crippen LogP contribution in [-0.2, 0) is 9.59 Å². The van der Waals surface area contributed by atoms with Gasteiger partial charge >= 0.3 is 0 Å². The zero-order valence-corrected chi connectivity index (χ0v) is 18.8. The SMILES string of the molecule is CN(C)C(=O)CN1C(=O)COc2ccc(C(=O)N3CCN(c4cccc(Cl)c4)CC3)cc21. The van der Waals surface area contributed by atoms with Gasteiger partial charge in [-0.05, 0) is 36.4 Å². The smallest absolute Gasteiger partial charge is 0.265 e. The van der Waals surface area contributed by atoms with Gasteiger partial charge < -0.3 is 19.4 Å². The number of piperazine rings is 1. The molecule has 1 fully saturated rings. The summed E-state index contributed by atoms with van der Waals surface area (Å²) in [5.74, 6) is -0.151. The maximum Gasteiger partial charge on any atom is 0.265 e. The minimum absolute atomic E-state index is 0.0991. The number of ether oxygens (including phenoxy) is 1. The molecule has 0 radical (unpaired) electrons.